The van der Waals surface area contributed by atoms with Gasteiger partial charge in [0.1, 0.15) is 5.75 Å². The van der Waals surface area contributed by atoms with Crippen LogP contribution in [0.15, 0.2) is 42.5 Å². The average molecular weight is 357 g/mol. The molecule has 2 rings (SSSR count). The molecule has 0 radical (unpaired) electrons. The van der Waals surface area contributed by atoms with E-state index in [0.717, 1.165) is 11.4 Å². The Morgan fingerprint density at radius 2 is 1.88 bits per heavy atom. The first-order valence-corrected chi connectivity index (χ1v) is 9.19. The Bertz CT molecular complexity index is 728. The topological polar surface area (TPSA) is 33.3 Å². The van der Waals surface area contributed by atoms with Crippen LogP contribution in [0.1, 0.15) is 43.5 Å². The van der Waals surface area contributed by atoms with Gasteiger partial charge in [-0.15, -0.1) is 0 Å². The van der Waals surface area contributed by atoms with E-state index in [1.165, 1.54) is 16.7 Å². The van der Waals surface area contributed by atoms with Crippen LogP contribution in [0.3, 0.4) is 0 Å². The van der Waals surface area contributed by atoms with Gasteiger partial charge in [0, 0.05) is 11.8 Å². The fourth-order valence-corrected chi connectivity index (χ4v) is 3.16. The van der Waals surface area contributed by atoms with E-state index in [0.29, 0.717) is 17.6 Å². The van der Waals surface area contributed by atoms with Crippen molar-refractivity contribution in [2.75, 3.05) is 11.9 Å². The lowest BCUT2D eigenvalue weighted by Gasteiger charge is -2.26. The normalized spacial score (nSPS) is 11.9. The molecule has 0 saturated carbocycles. The lowest BCUT2D eigenvalue weighted by atomic mass is 9.92. The van der Waals surface area contributed by atoms with E-state index in [1.54, 1.807) is 0 Å². The van der Waals surface area contributed by atoms with Crippen LogP contribution in [0.2, 0.25) is 0 Å². The Morgan fingerprint density at radius 1 is 1.12 bits per heavy atom. The van der Waals surface area contributed by atoms with Crippen molar-refractivity contribution in [1.29, 1.82) is 0 Å². The highest BCUT2D eigenvalue weighted by molar-refractivity contribution is 7.80. The molecule has 0 aliphatic heterocycles. The van der Waals surface area contributed by atoms with Gasteiger partial charge in [0.25, 0.3) is 0 Å². The number of nitrogens with one attached hydrogen (secondary N) is 2. The van der Waals surface area contributed by atoms with E-state index >= 15 is 0 Å². The van der Waals surface area contributed by atoms with Gasteiger partial charge in [0.05, 0.1) is 12.6 Å². The zero-order chi connectivity index (χ0) is 18.4. The summed E-state index contributed by atoms with van der Waals surface area (Å²) in [6.07, 6.45) is 0. The minimum Gasteiger partial charge on any atom is -0.494 e. The molecule has 0 aliphatic carbocycles. The number of hydrogen-bond acceptors (Lipinski definition) is 2. The highest BCUT2D eigenvalue weighted by atomic mass is 32.1. The second-order valence-corrected chi connectivity index (χ2v) is 7.05. The summed E-state index contributed by atoms with van der Waals surface area (Å²) in [7, 11) is 0. The lowest BCUT2D eigenvalue weighted by Crippen LogP contribution is -2.35. The van der Waals surface area contributed by atoms with Gasteiger partial charge in [-0.05, 0) is 62.2 Å². The number of hydrogen-bond donors (Lipinski definition) is 2. The molecule has 0 fully saturated rings. The Balaban J connectivity index is 2.11. The molecule has 4 heteroatoms. The predicted octanol–water partition coefficient (Wildman–Crippen LogP) is 5.39. The molecule has 2 aromatic carbocycles. The second-order valence-electron chi connectivity index (χ2n) is 6.64. The molecule has 2 N–H and O–H groups in total. The van der Waals surface area contributed by atoms with Crippen LogP contribution < -0.4 is 15.4 Å². The summed E-state index contributed by atoms with van der Waals surface area (Å²) in [5, 5.41) is 7.36. The van der Waals surface area contributed by atoms with Gasteiger partial charge in [-0.25, -0.2) is 0 Å². The van der Waals surface area contributed by atoms with Crippen LogP contribution in [0.25, 0.3) is 0 Å². The molecule has 0 bridgehead atoms. The van der Waals surface area contributed by atoms with E-state index in [-0.39, 0.29) is 6.04 Å². The fraction of sp³-hybridized carbons (Fsp3) is 0.381. The van der Waals surface area contributed by atoms with Gasteiger partial charge in [0.2, 0.25) is 0 Å². The Hall–Kier alpha value is -2.07. The minimum atomic E-state index is 0.163. The maximum absolute atomic E-state index is 5.55. The van der Waals surface area contributed by atoms with Crippen molar-refractivity contribution < 1.29 is 4.74 Å². The summed E-state index contributed by atoms with van der Waals surface area (Å²) in [5.74, 6) is 1.25. The zero-order valence-electron chi connectivity index (χ0n) is 15.7. The van der Waals surface area contributed by atoms with E-state index in [9.17, 15) is 0 Å². The van der Waals surface area contributed by atoms with Crippen molar-refractivity contribution in [3.05, 3.63) is 59.2 Å². The summed E-state index contributed by atoms with van der Waals surface area (Å²) < 4.78 is 5.54. The molecule has 1 unspecified atom stereocenters. The van der Waals surface area contributed by atoms with E-state index in [4.69, 9.17) is 17.0 Å². The second kappa shape index (κ2) is 8.86. The molecule has 134 valence electrons. The van der Waals surface area contributed by atoms with Crippen LogP contribution >= 0.6 is 12.2 Å². The molecule has 0 aromatic heterocycles. The highest BCUT2D eigenvalue weighted by Gasteiger charge is 2.18. The minimum absolute atomic E-state index is 0.163. The largest absolute Gasteiger partial charge is 0.494 e. The van der Waals surface area contributed by atoms with Crippen molar-refractivity contribution in [3.8, 4) is 5.75 Å². The Morgan fingerprint density at radius 3 is 2.52 bits per heavy atom. The molecular formula is C21H28N2OS. The van der Waals surface area contributed by atoms with Crippen molar-refractivity contribution in [2.45, 2.75) is 40.7 Å². The third kappa shape index (κ3) is 5.46. The van der Waals surface area contributed by atoms with Crippen LogP contribution in [-0.4, -0.2) is 11.7 Å². The molecule has 25 heavy (non-hydrogen) atoms. The number of anilines is 1. The number of aryl methyl sites for hydroxylation is 2. The smallest absolute Gasteiger partial charge is 0.171 e. The monoisotopic (exact) mass is 356 g/mol. The van der Waals surface area contributed by atoms with Gasteiger partial charge >= 0.3 is 0 Å². The molecule has 2 aromatic rings. The maximum atomic E-state index is 5.55. The summed E-state index contributed by atoms with van der Waals surface area (Å²) >= 11 is 5.55. The first kappa shape index (κ1) is 19.3. The Kier molecular flexibility index (Phi) is 6.82. The van der Waals surface area contributed by atoms with Crippen molar-refractivity contribution in [3.63, 3.8) is 0 Å². The van der Waals surface area contributed by atoms with E-state index < -0.39 is 0 Å². The zero-order valence-corrected chi connectivity index (χ0v) is 16.5. The van der Waals surface area contributed by atoms with Crippen LogP contribution in [0, 0.1) is 19.8 Å². The molecule has 3 nitrogen and oxygen atoms in total. The van der Waals surface area contributed by atoms with Gasteiger partial charge < -0.3 is 15.4 Å². The number of benzene rings is 2. The van der Waals surface area contributed by atoms with Crippen molar-refractivity contribution in [2.24, 2.45) is 5.92 Å². The van der Waals surface area contributed by atoms with Crippen LogP contribution in [0.5, 0.6) is 5.75 Å². The quantitative estimate of drug-likeness (QED) is 0.680. The third-order valence-electron chi connectivity index (χ3n) is 4.12. The SMILES string of the molecule is CCOc1cccc(NC(=S)NC(c2ccc(C)cc2C)C(C)C)c1. The van der Waals surface area contributed by atoms with Gasteiger partial charge in [-0.2, -0.15) is 0 Å². The number of thiocarbonyl (C=S) groups is 1. The summed E-state index contributed by atoms with van der Waals surface area (Å²) in [5.41, 5.74) is 4.77. The van der Waals surface area contributed by atoms with E-state index in [1.807, 2.05) is 31.2 Å². The Labute approximate surface area is 156 Å². The highest BCUT2D eigenvalue weighted by Crippen LogP contribution is 2.26. The lowest BCUT2D eigenvalue weighted by molar-refractivity contribution is 0.340. The van der Waals surface area contributed by atoms with Gasteiger partial charge in [0.15, 0.2) is 5.11 Å². The number of rotatable bonds is 6. The molecular weight excluding hydrogens is 328 g/mol. The van der Waals surface area contributed by atoms with Gasteiger partial charge in [-0.1, -0.05) is 43.7 Å². The molecule has 0 saturated heterocycles. The molecule has 0 heterocycles. The van der Waals surface area contributed by atoms with Crippen LogP contribution in [0.4, 0.5) is 5.69 Å². The fourth-order valence-electron chi connectivity index (χ4n) is 2.92. The first-order valence-electron chi connectivity index (χ1n) is 8.78. The standard InChI is InChI=1S/C21H28N2OS/c1-6-24-18-9-7-8-17(13-18)22-21(25)23-20(14(2)3)19-11-10-15(4)12-16(19)5/h7-14,20H,6H2,1-5H3,(H2,22,23,25). The third-order valence-corrected chi connectivity index (χ3v) is 4.34. The average Bonchev–Trinajstić information content (AvgIpc) is 2.53. The molecule has 0 spiro atoms. The van der Waals surface area contributed by atoms with E-state index in [2.05, 4.69) is 56.5 Å². The molecule has 0 aliphatic rings. The maximum Gasteiger partial charge on any atom is 0.171 e. The molecule has 0 amide bonds. The molecule has 1 atom stereocenters. The predicted molar refractivity (Wildman–Crippen MR) is 110 cm³/mol. The van der Waals surface area contributed by atoms with Crippen molar-refractivity contribution >= 4 is 23.0 Å². The summed E-state index contributed by atoms with van der Waals surface area (Å²) in [4.78, 5) is 0. The van der Waals surface area contributed by atoms with Crippen molar-refractivity contribution in [1.82, 2.24) is 5.32 Å². The summed E-state index contributed by atoms with van der Waals surface area (Å²) in [6.45, 7) is 11.3. The first-order chi connectivity index (χ1) is 11.9. The van der Waals surface area contributed by atoms with Crippen LogP contribution in [-0.2, 0) is 0 Å². The summed E-state index contributed by atoms with van der Waals surface area (Å²) in [6, 6.07) is 14.6. The van der Waals surface area contributed by atoms with Gasteiger partial charge in [-0.3, -0.25) is 0 Å². The number of ether oxygens (including phenoxy) is 1.